The fraction of sp³-hybridized carbons (Fsp3) is 0.100. The zero-order valence-corrected chi connectivity index (χ0v) is 12.7. The first-order chi connectivity index (χ1) is 10.9. The van der Waals surface area contributed by atoms with Crippen LogP contribution in [0.1, 0.15) is 39.3 Å². The predicted octanol–water partition coefficient (Wildman–Crippen LogP) is 4.99. The molecule has 3 aliphatic carbocycles. The van der Waals surface area contributed by atoms with Crippen molar-refractivity contribution in [2.75, 3.05) is 0 Å². The van der Waals surface area contributed by atoms with E-state index in [1.54, 1.807) is 0 Å². The van der Waals surface area contributed by atoms with Crippen LogP contribution >= 0.6 is 12.0 Å². The van der Waals surface area contributed by atoms with E-state index in [2.05, 4.69) is 72.8 Å². The maximum Gasteiger partial charge on any atom is 0.118 e. The van der Waals surface area contributed by atoms with E-state index in [0.29, 0.717) is 0 Å². The van der Waals surface area contributed by atoms with Crippen LogP contribution in [-0.2, 0) is 4.75 Å². The van der Waals surface area contributed by atoms with Crippen molar-refractivity contribution >= 4 is 12.0 Å². The smallest absolute Gasteiger partial charge is 0.118 e. The first-order valence-corrected chi connectivity index (χ1v) is 8.26. The van der Waals surface area contributed by atoms with Gasteiger partial charge in [0.25, 0.3) is 0 Å². The molecule has 0 saturated carbocycles. The van der Waals surface area contributed by atoms with E-state index in [4.69, 9.17) is 0 Å². The first-order valence-electron chi connectivity index (χ1n) is 7.48. The summed E-state index contributed by atoms with van der Waals surface area (Å²) in [7, 11) is 0. The van der Waals surface area contributed by atoms with Crippen LogP contribution < -0.4 is 0 Å². The van der Waals surface area contributed by atoms with E-state index in [9.17, 15) is 4.55 Å². The van der Waals surface area contributed by atoms with E-state index < -0.39 is 4.75 Å². The summed E-state index contributed by atoms with van der Waals surface area (Å²) in [5, 5.41) is 0. The van der Waals surface area contributed by atoms with E-state index >= 15 is 0 Å². The van der Waals surface area contributed by atoms with Crippen LogP contribution in [-0.4, -0.2) is 4.55 Å². The maximum atomic E-state index is 10.4. The van der Waals surface area contributed by atoms with Crippen LogP contribution in [0.3, 0.4) is 0 Å². The highest BCUT2D eigenvalue weighted by Gasteiger charge is 2.52. The lowest BCUT2D eigenvalue weighted by Gasteiger charge is -2.48. The largest absolute Gasteiger partial charge is 0.329 e. The normalized spacial score (nSPS) is 23.6. The Morgan fingerprint density at radius 2 is 1.00 bits per heavy atom. The van der Waals surface area contributed by atoms with Gasteiger partial charge in [-0.2, -0.15) is 0 Å². The molecule has 0 spiro atoms. The van der Waals surface area contributed by atoms with Crippen LogP contribution in [0.2, 0.25) is 0 Å². The molecule has 0 amide bonds. The first kappa shape index (κ1) is 12.5. The number of hydrogen-bond donors (Lipinski definition) is 1. The molecule has 0 unspecified atom stereocenters. The van der Waals surface area contributed by atoms with Gasteiger partial charge in [0.05, 0.1) is 0 Å². The zero-order chi connectivity index (χ0) is 14.7. The van der Waals surface area contributed by atoms with Gasteiger partial charge >= 0.3 is 0 Å². The molecule has 0 atom stereocenters. The average Bonchev–Trinajstić information content (AvgIpc) is 2.61. The van der Waals surface area contributed by atoms with Crippen molar-refractivity contribution in [1.29, 1.82) is 0 Å². The summed E-state index contributed by atoms with van der Waals surface area (Å²) < 4.78 is 9.92. The molecule has 2 bridgehead atoms. The van der Waals surface area contributed by atoms with Gasteiger partial charge in [0.15, 0.2) is 0 Å². The van der Waals surface area contributed by atoms with Crippen molar-refractivity contribution < 1.29 is 4.55 Å². The molecular weight excluding hydrogens is 288 g/mol. The van der Waals surface area contributed by atoms with Crippen molar-refractivity contribution in [3.05, 3.63) is 106 Å². The lowest BCUT2D eigenvalue weighted by molar-refractivity contribution is 0.616. The lowest BCUT2D eigenvalue weighted by Crippen LogP contribution is -2.39. The third-order valence-electron chi connectivity index (χ3n) is 5.09. The SMILES string of the molecule is OSC12c3ccccc3C(c3ccccc31)c1ccccc12. The molecule has 0 radical (unpaired) electrons. The molecule has 6 rings (SSSR count). The Hall–Kier alpha value is -2.03. The average molecular weight is 302 g/mol. The summed E-state index contributed by atoms with van der Waals surface area (Å²) in [4.78, 5) is 0. The number of hydrogen-bond acceptors (Lipinski definition) is 2. The predicted molar refractivity (Wildman–Crippen MR) is 90.4 cm³/mol. The summed E-state index contributed by atoms with van der Waals surface area (Å²) in [6.07, 6.45) is 0. The van der Waals surface area contributed by atoms with Crippen LogP contribution in [0.15, 0.2) is 72.8 Å². The van der Waals surface area contributed by atoms with Crippen LogP contribution in [0, 0.1) is 0 Å². The molecule has 3 aliphatic rings. The summed E-state index contributed by atoms with van der Waals surface area (Å²) in [6, 6.07) is 25.6. The second-order valence-corrected chi connectivity index (χ2v) is 6.76. The van der Waals surface area contributed by atoms with Crippen LogP contribution in [0.5, 0.6) is 0 Å². The second kappa shape index (κ2) is 4.25. The second-order valence-electron chi connectivity index (χ2n) is 5.97. The monoisotopic (exact) mass is 302 g/mol. The topological polar surface area (TPSA) is 20.2 Å². The van der Waals surface area contributed by atoms with Crippen molar-refractivity contribution in [1.82, 2.24) is 0 Å². The minimum atomic E-state index is -0.501. The van der Waals surface area contributed by atoms with E-state index in [0.717, 1.165) is 12.0 Å². The van der Waals surface area contributed by atoms with Gasteiger partial charge in [-0.1, -0.05) is 72.8 Å². The van der Waals surface area contributed by atoms with Crippen molar-refractivity contribution in [2.45, 2.75) is 10.7 Å². The van der Waals surface area contributed by atoms with Gasteiger partial charge in [-0.25, -0.2) is 0 Å². The molecule has 0 heterocycles. The molecular formula is C20H14OS. The standard InChI is InChI=1S/C20H14OS/c21-22-20-16-10-4-1-7-13(16)19(14-8-2-5-11-17(14)20)15-9-3-6-12-18(15)20/h1-12,19,21H. The molecule has 0 saturated heterocycles. The Morgan fingerprint density at radius 1 is 0.636 bits per heavy atom. The fourth-order valence-corrected chi connectivity index (χ4v) is 5.15. The summed E-state index contributed by atoms with van der Waals surface area (Å²) >= 11 is 0.959. The quantitative estimate of drug-likeness (QED) is 0.639. The molecule has 106 valence electrons. The fourth-order valence-electron chi connectivity index (χ4n) is 4.29. The molecule has 3 aromatic carbocycles. The van der Waals surface area contributed by atoms with Crippen molar-refractivity contribution in [3.8, 4) is 0 Å². The molecule has 3 aromatic rings. The minimum Gasteiger partial charge on any atom is -0.329 e. The Balaban J connectivity index is 2.00. The van der Waals surface area contributed by atoms with Crippen LogP contribution in [0.4, 0.5) is 0 Å². The van der Waals surface area contributed by atoms with Crippen molar-refractivity contribution in [2.24, 2.45) is 0 Å². The lowest BCUT2D eigenvalue weighted by atomic mass is 9.60. The van der Waals surface area contributed by atoms with Gasteiger partial charge in [0.1, 0.15) is 4.75 Å². The molecule has 2 heteroatoms. The molecule has 0 fully saturated rings. The van der Waals surface area contributed by atoms with Gasteiger partial charge in [-0.15, -0.1) is 0 Å². The third-order valence-corrected chi connectivity index (χ3v) is 6.02. The molecule has 0 aliphatic heterocycles. The Labute approximate surface area is 133 Å². The highest BCUT2D eigenvalue weighted by molar-refractivity contribution is 7.95. The van der Waals surface area contributed by atoms with Gasteiger partial charge in [-0.05, 0) is 33.4 Å². The van der Waals surface area contributed by atoms with Gasteiger partial charge in [-0.3, -0.25) is 0 Å². The van der Waals surface area contributed by atoms with Gasteiger partial charge in [0.2, 0.25) is 0 Å². The molecule has 1 N–H and O–H groups in total. The molecule has 0 aromatic heterocycles. The Morgan fingerprint density at radius 3 is 1.36 bits per heavy atom. The Kier molecular flexibility index (Phi) is 2.42. The van der Waals surface area contributed by atoms with E-state index in [-0.39, 0.29) is 5.92 Å². The van der Waals surface area contributed by atoms with E-state index in [1.165, 1.54) is 33.4 Å². The highest BCUT2D eigenvalue weighted by Crippen LogP contribution is 2.62. The van der Waals surface area contributed by atoms with Gasteiger partial charge < -0.3 is 4.55 Å². The highest BCUT2D eigenvalue weighted by atomic mass is 32.2. The van der Waals surface area contributed by atoms with Gasteiger partial charge in [0, 0.05) is 18.0 Å². The maximum absolute atomic E-state index is 10.4. The summed E-state index contributed by atoms with van der Waals surface area (Å²) in [5.74, 6) is 0.276. The van der Waals surface area contributed by atoms with E-state index in [1.807, 2.05) is 0 Å². The third kappa shape index (κ3) is 1.26. The summed E-state index contributed by atoms with van der Waals surface area (Å²) in [5.41, 5.74) is 7.64. The van der Waals surface area contributed by atoms with Crippen molar-refractivity contribution in [3.63, 3.8) is 0 Å². The molecule has 22 heavy (non-hydrogen) atoms. The zero-order valence-electron chi connectivity index (χ0n) is 11.9. The summed E-state index contributed by atoms with van der Waals surface area (Å²) in [6.45, 7) is 0. The number of rotatable bonds is 1. The number of benzene rings is 3. The Bertz CT molecular complexity index is 784. The minimum absolute atomic E-state index is 0.276. The molecule has 1 nitrogen and oxygen atoms in total. The van der Waals surface area contributed by atoms with Crippen LogP contribution in [0.25, 0.3) is 0 Å².